The van der Waals surface area contributed by atoms with Crippen molar-refractivity contribution in [2.45, 2.75) is 58.3 Å². The molecule has 0 N–H and O–H groups in total. The Morgan fingerprint density at radius 3 is 2.81 bits per heavy atom. The minimum Gasteiger partial charge on any atom is -0.248 e. The van der Waals surface area contributed by atoms with Crippen molar-refractivity contribution < 1.29 is 0 Å². The highest BCUT2D eigenvalue weighted by Crippen LogP contribution is 2.22. The van der Waals surface area contributed by atoms with Crippen LogP contribution in [-0.4, -0.2) is 0 Å². The zero-order chi connectivity index (χ0) is 14.5. The van der Waals surface area contributed by atoms with Gasteiger partial charge in [-0.25, -0.2) is 4.99 Å². The van der Waals surface area contributed by atoms with Gasteiger partial charge in [0.1, 0.15) is 0 Å². The van der Waals surface area contributed by atoms with Gasteiger partial charge in [-0.15, -0.1) is 0 Å². The second-order valence-corrected chi connectivity index (χ2v) is 6.10. The van der Waals surface area contributed by atoms with E-state index in [1.807, 2.05) is 0 Å². The topological polar surface area (TPSA) is 12.4 Å². The monoisotopic (exact) mass is 279 g/mol. The van der Waals surface area contributed by atoms with Crippen LogP contribution < -0.4 is 10.6 Å². The first-order valence-electron chi connectivity index (χ1n) is 8.47. The van der Waals surface area contributed by atoms with E-state index in [4.69, 9.17) is 4.99 Å². The summed E-state index contributed by atoms with van der Waals surface area (Å²) in [5.41, 5.74) is 4.12. The Hall–Kier alpha value is -1.63. The van der Waals surface area contributed by atoms with Gasteiger partial charge in [0.2, 0.25) is 0 Å². The minimum absolute atomic E-state index is 1.04. The Balaban J connectivity index is 1.72. The molecule has 1 heterocycles. The van der Waals surface area contributed by atoms with Gasteiger partial charge in [-0.3, -0.25) is 0 Å². The van der Waals surface area contributed by atoms with Gasteiger partial charge in [0, 0.05) is 5.22 Å². The molecule has 0 fully saturated rings. The molecule has 1 aromatic rings. The van der Waals surface area contributed by atoms with Crippen molar-refractivity contribution in [1.29, 1.82) is 0 Å². The van der Waals surface area contributed by atoms with Crippen molar-refractivity contribution in [2.24, 2.45) is 4.99 Å². The highest BCUT2D eigenvalue weighted by atomic mass is 14.8. The lowest BCUT2D eigenvalue weighted by Gasteiger charge is -2.07. The number of allylic oxidation sites excluding steroid dienone is 4. The van der Waals surface area contributed by atoms with E-state index in [-0.39, 0.29) is 0 Å². The second kappa shape index (κ2) is 6.89. The first kappa shape index (κ1) is 14.3. The van der Waals surface area contributed by atoms with E-state index in [0.717, 1.165) is 6.42 Å². The van der Waals surface area contributed by atoms with Crippen molar-refractivity contribution in [3.05, 3.63) is 58.3 Å². The molecule has 1 aromatic carbocycles. The summed E-state index contributed by atoms with van der Waals surface area (Å²) < 4.78 is 0. The van der Waals surface area contributed by atoms with Gasteiger partial charge in [0.05, 0.1) is 11.1 Å². The van der Waals surface area contributed by atoms with Crippen molar-refractivity contribution in [3.8, 4) is 0 Å². The number of benzene rings is 1. The van der Waals surface area contributed by atoms with Crippen molar-refractivity contribution in [2.75, 3.05) is 0 Å². The van der Waals surface area contributed by atoms with Crippen LogP contribution in [0.4, 0.5) is 0 Å². The summed E-state index contributed by atoms with van der Waals surface area (Å²) in [5, 5.41) is 2.62. The van der Waals surface area contributed by atoms with Crippen LogP contribution in [0.15, 0.2) is 47.1 Å². The molecule has 21 heavy (non-hydrogen) atoms. The Bertz CT molecular complexity index is 676. The molecule has 0 radical (unpaired) electrons. The van der Waals surface area contributed by atoms with Gasteiger partial charge in [-0.05, 0) is 42.5 Å². The third-order valence-electron chi connectivity index (χ3n) is 4.49. The molecule has 1 aliphatic carbocycles. The molecule has 0 spiro atoms. The fraction of sp³-hybridized carbons (Fsp3) is 0.450. The van der Waals surface area contributed by atoms with Crippen molar-refractivity contribution in [3.63, 3.8) is 0 Å². The van der Waals surface area contributed by atoms with Gasteiger partial charge >= 0.3 is 0 Å². The fourth-order valence-corrected chi connectivity index (χ4v) is 3.35. The SMILES string of the molecule is CCCCCCCCc1cccc2c1=C1CC=CC=C1N=2. The first-order valence-corrected chi connectivity index (χ1v) is 8.47. The molecule has 110 valence electrons. The number of fused-ring (bicyclic) bond motifs is 2. The molecule has 1 nitrogen and oxygen atoms in total. The average molecular weight is 279 g/mol. The molecular weight excluding hydrogens is 254 g/mol. The molecule has 0 saturated heterocycles. The standard InChI is InChI=1S/C20H25N/c1-2-3-4-5-6-7-11-16-12-10-15-19-20(16)17-13-8-9-14-18(17)21-19/h8-10,12,14-15H,2-7,11,13H2,1H3. The normalized spacial score (nSPS) is 15.5. The van der Waals surface area contributed by atoms with Crippen LogP contribution in [0.2, 0.25) is 0 Å². The second-order valence-electron chi connectivity index (χ2n) is 6.10. The van der Waals surface area contributed by atoms with E-state index < -0.39 is 0 Å². The van der Waals surface area contributed by atoms with E-state index in [9.17, 15) is 0 Å². The number of nitrogens with zero attached hydrogens (tertiary/aromatic N) is 1. The highest BCUT2D eigenvalue weighted by molar-refractivity contribution is 5.70. The molecule has 2 aliphatic rings. The van der Waals surface area contributed by atoms with E-state index in [2.05, 4.69) is 43.4 Å². The number of aryl methyl sites for hydroxylation is 1. The molecule has 1 aliphatic heterocycles. The largest absolute Gasteiger partial charge is 0.248 e. The quantitative estimate of drug-likeness (QED) is 0.663. The Labute approximate surface area is 127 Å². The zero-order valence-electron chi connectivity index (χ0n) is 13.1. The maximum Gasteiger partial charge on any atom is 0.0715 e. The zero-order valence-corrected chi connectivity index (χ0v) is 13.1. The van der Waals surface area contributed by atoms with Gasteiger partial charge in [0.25, 0.3) is 0 Å². The lowest BCUT2D eigenvalue weighted by atomic mass is 9.97. The lowest BCUT2D eigenvalue weighted by Crippen LogP contribution is -2.27. The third-order valence-corrected chi connectivity index (χ3v) is 4.49. The molecule has 0 unspecified atom stereocenters. The van der Waals surface area contributed by atoms with Crippen LogP contribution >= 0.6 is 0 Å². The third kappa shape index (κ3) is 3.18. The van der Waals surface area contributed by atoms with Crippen molar-refractivity contribution in [1.82, 2.24) is 0 Å². The van der Waals surface area contributed by atoms with Crippen LogP contribution in [0.5, 0.6) is 0 Å². The van der Waals surface area contributed by atoms with E-state index in [0.29, 0.717) is 0 Å². The fourth-order valence-electron chi connectivity index (χ4n) is 3.35. The maximum atomic E-state index is 4.78. The number of hydrogen-bond donors (Lipinski definition) is 0. The molecule has 1 heteroatoms. The molecule has 0 amide bonds. The molecule has 0 bridgehead atoms. The Kier molecular flexibility index (Phi) is 4.69. The summed E-state index contributed by atoms with van der Waals surface area (Å²) in [6.45, 7) is 2.28. The summed E-state index contributed by atoms with van der Waals surface area (Å²) in [5.74, 6) is 0. The van der Waals surface area contributed by atoms with E-state index in [1.165, 1.54) is 72.4 Å². The average Bonchev–Trinajstić information content (AvgIpc) is 2.90. The van der Waals surface area contributed by atoms with Gasteiger partial charge in [0.15, 0.2) is 0 Å². The number of unbranched alkanes of at least 4 members (excludes halogenated alkanes) is 5. The predicted octanol–water partition coefficient (Wildman–Crippen LogP) is 4.22. The van der Waals surface area contributed by atoms with Gasteiger partial charge < -0.3 is 0 Å². The summed E-state index contributed by atoms with van der Waals surface area (Å²) in [6, 6.07) is 6.63. The smallest absolute Gasteiger partial charge is 0.0715 e. The molecule has 0 saturated carbocycles. The first-order chi connectivity index (χ1) is 10.4. The van der Waals surface area contributed by atoms with Gasteiger partial charge in [-0.1, -0.05) is 63.3 Å². The summed E-state index contributed by atoms with van der Waals surface area (Å²) in [7, 11) is 0. The van der Waals surface area contributed by atoms with Crippen LogP contribution in [0.25, 0.3) is 5.57 Å². The van der Waals surface area contributed by atoms with Crippen LogP contribution in [0, 0.1) is 0 Å². The van der Waals surface area contributed by atoms with Crippen LogP contribution in [0.1, 0.15) is 57.4 Å². The molecular formula is C20H25N. The maximum absolute atomic E-state index is 4.78. The Morgan fingerprint density at radius 1 is 1.05 bits per heavy atom. The van der Waals surface area contributed by atoms with Crippen LogP contribution in [-0.2, 0) is 6.42 Å². The summed E-state index contributed by atoms with van der Waals surface area (Å²) in [6.07, 6.45) is 16.9. The summed E-state index contributed by atoms with van der Waals surface area (Å²) in [4.78, 5) is 4.78. The molecule has 3 rings (SSSR count). The lowest BCUT2D eigenvalue weighted by molar-refractivity contribution is 0.607. The Morgan fingerprint density at radius 2 is 1.90 bits per heavy atom. The minimum atomic E-state index is 1.04. The predicted molar refractivity (Wildman–Crippen MR) is 89.6 cm³/mol. The molecule has 0 aromatic heterocycles. The summed E-state index contributed by atoms with van der Waals surface area (Å²) >= 11 is 0. The highest BCUT2D eigenvalue weighted by Gasteiger charge is 2.15. The number of rotatable bonds is 7. The van der Waals surface area contributed by atoms with Gasteiger partial charge in [-0.2, -0.15) is 0 Å². The van der Waals surface area contributed by atoms with E-state index >= 15 is 0 Å². The van der Waals surface area contributed by atoms with Crippen molar-refractivity contribution >= 4 is 5.57 Å². The number of hydrogen-bond acceptors (Lipinski definition) is 1. The molecule has 0 atom stereocenters. The van der Waals surface area contributed by atoms with Crippen LogP contribution in [0.3, 0.4) is 0 Å². The van der Waals surface area contributed by atoms with E-state index in [1.54, 1.807) is 0 Å².